The molecule has 0 unspecified atom stereocenters. The van der Waals surface area contributed by atoms with Crippen LogP contribution >= 0.6 is 23.4 Å². The van der Waals surface area contributed by atoms with Crippen LogP contribution in [0, 0.1) is 5.92 Å². The maximum Gasteiger partial charge on any atom is 0.274 e. The molecule has 0 aliphatic heterocycles. The number of anilines is 1. The van der Waals surface area contributed by atoms with Gasteiger partial charge < -0.3 is 14.9 Å². The second-order valence-electron chi connectivity index (χ2n) is 9.00. The number of alkyl halides is 1. The van der Waals surface area contributed by atoms with Gasteiger partial charge in [0, 0.05) is 52.6 Å². The number of thioether (sulfide) groups is 1. The Kier molecular flexibility index (Phi) is 5.95. The normalized spacial score (nSPS) is 19.9. The highest BCUT2D eigenvalue weighted by Crippen LogP contribution is 2.41. The van der Waals surface area contributed by atoms with Gasteiger partial charge in [-0.25, -0.2) is 0 Å². The van der Waals surface area contributed by atoms with Gasteiger partial charge >= 0.3 is 0 Å². The number of hydrogen-bond acceptors (Lipinski definition) is 3. The Balaban J connectivity index is 1.81. The third kappa shape index (κ3) is 4.57. The maximum atomic E-state index is 12.6. The van der Waals surface area contributed by atoms with E-state index < -0.39 is 4.21 Å². The third-order valence-electron chi connectivity index (χ3n) is 5.91. The summed E-state index contributed by atoms with van der Waals surface area (Å²) < 4.78 is 1.27. The predicted octanol–water partition coefficient (Wildman–Crippen LogP) is 6.59. The number of aryl methyl sites for hydroxylation is 1. The Morgan fingerprint density at radius 1 is 1.17 bits per heavy atom. The van der Waals surface area contributed by atoms with Crippen LogP contribution in [-0.4, -0.2) is 19.8 Å². The van der Waals surface area contributed by atoms with Gasteiger partial charge in [0.2, 0.25) is 0 Å². The number of pyridine rings is 1. The van der Waals surface area contributed by atoms with E-state index in [2.05, 4.69) is 35.4 Å². The Hall–Kier alpha value is -1.85. The van der Waals surface area contributed by atoms with Crippen LogP contribution in [0.15, 0.2) is 46.3 Å². The van der Waals surface area contributed by atoms with Crippen LogP contribution in [0.3, 0.4) is 0 Å². The Labute approximate surface area is 187 Å². The van der Waals surface area contributed by atoms with Crippen molar-refractivity contribution < 1.29 is 0 Å². The Morgan fingerprint density at radius 3 is 2.60 bits per heavy atom. The van der Waals surface area contributed by atoms with Crippen molar-refractivity contribution in [1.29, 1.82) is 0 Å². The Bertz CT molecular complexity index is 1100. The van der Waals surface area contributed by atoms with Gasteiger partial charge in [-0.1, -0.05) is 6.92 Å². The van der Waals surface area contributed by atoms with Crippen molar-refractivity contribution >= 4 is 40.0 Å². The molecule has 30 heavy (non-hydrogen) atoms. The number of hydrogen-bond donors (Lipinski definition) is 2. The number of halogens is 1. The van der Waals surface area contributed by atoms with E-state index in [-0.39, 0.29) is 5.56 Å². The molecule has 1 aliphatic carbocycles. The summed E-state index contributed by atoms with van der Waals surface area (Å²) in [6.07, 6.45) is 8.71. The zero-order valence-corrected chi connectivity index (χ0v) is 19.7. The molecule has 1 fully saturated rings. The molecule has 2 N–H and O–H groups in total. The summed E-state index contributed by atoms with van der Waals surface area (Å²) in [6.45, 7) is 6.35. The topological polar surface area (TPSA) is 49.8 Å². The SMILES string of the molecule is CC1CCC(Nc2ccc(SC(C)(C)Cl)cc2-c2cn(C)c(=O)c3[nH]ccc23)CC1. The van der Waals surface area contributed by atoms with E-state index in [1.54, 1.807) is 16.3 Å². The highest BCUT2D eigenvalue weighted by atomic mass is 35.5. The highest BCUT2D eigenvalue weighted by Gasteiger charge is 2.22. The van der Waals surface area contributed by atoms with E-state index in [0.717, 1.165) is 33.0 Å². The largest absolute Gasteiger partial charge is 0.382 e. The summed E-state index contributed by atoms with van der Waals surface area (Å²) >= 11 is 8.14. The summed E-state index contributed by atoms with van der Waals surface area (Å²) in [5.74, 6) is 0.815. The van der Waals surface area contributed by atoms with Crippen LogP contribution in [-0.2, 0) is 7.05 Å². The fourth-order valence-corrected chi connectivity index (χ4v) is 5.46. The summed E-state index contributed by atoms with van der Waals surface area (Å²) in [5, 5.41) is 4.76. The number of aromatic nitrogens is 2. The molecular weight excluding hydrogens is 414 g/mol. The van der Waals surface area contributed by atoms with E-state index in [4.69, 9.17) is 11.6 Å². The number of benzene rings is 1. The average molecular weight is 444 g/mol. The molecule has 0 spiro atoms. The average Bonchev–Trinajstić information content (AvgIpc) is 3.17. The van der Waals surface area contributed by atoms with Crippen molar-refractivity contribution in [2.24, 2.45) is 13.0 Å². The highest BCUT2D eigenvalue weighted by molar-refractivity contribution is 8.01. The lowest BCUT2D eigenvalue weighted by molar-refractivity contribution is 0.361. The van der Waals surface area contributed by atoms with Gasteiger partial charge in [0.05, 0.1) is 4.21 Å². The molecule has 2 heterocycles. The second-order valence-corrected chi connectivity index (χ2v) is 11.9. The minimum absolute atomic E-state index is 0.0121. The predicted molar refractivity (Wildman–Crippen MR) is 130 cm³/mol. The van der Waals surface area contributed by atoms with E-state index in [1.165, 1.54) is 25.7 Å². The number of nitrogens with zero attached hydrogens (tertiary/aromatic N) is 1. The van der Waals surface area contributed by atoms with E-state index in [1.807, 2.05) is 39.4 Å². The summed E-state index contributed by atoms with van der Waals surface area (Å²) in [6, 6.07) is 8.99. The van der Waals surface area contributed by atoms with Gasteiger partial charge in [0.1, 0.15) is 5.52 Å². The first-order chi connectivity index (χ1) is 14.2. The van der Waals surface area contributed by atoms with Crippen molar-refractivity contribution in [1.82, 2.24) is 9.55 Å². The number of H-pyrrole nitrogens is 1. The van der Waals surface area contributed by atoms with Gasteiger partial charge in [0.25, 0.3) is 5.56 Å². The van der Waals surface area contributed by atoms with Crippen LogP contribution < -0.4 is 10.9 Å². The lowest BCUT2D eigenvalue weighted by atomic mass is 9.87. The van der Waals surface area contributed by atoms with Crippen molar-refractivity contribution in [3.63, 3.8) is 0 Å². The molecule has 0 bridgehead atoms. The van der Waals surface area contributed by atoms with Gasteiger partial charge in [-0.2, -0.15) is 0 Å². The van der Waals surface area contributed by atoms with Crippen LogP contribution in [0.4, 0.5) is 5.69 Å². The van der Waals surface area contributed by atoms with Crippen LogP contribution in [0.5, 0.6) is 0 Å². The van der Waals surface area contributed by atoms with Crippen LogP contribution in [0.2, 0.25) is 0 Å². The van der Waals surface area contributed by atoms with Crippen LogP contribution in [0.1, 0.15) is 46.5 Å². The second kappa shape index (κ2) is 8.35. The molecule has 3 aromatic rings. The smallest absolute Gasteiger partial charge is 0.274 e. The zero-order chi connectivity index (χ0) is 21.5. The van der Waals surface area contributed by atoms with E-state index >= 15 is 0 Å². The first-order valence-corrected chi connectivity index (χ1v) is 11.9. The van der Waals surface area contributed by atoms with Crippen molar-refractivity contribution in [2.45, 2.75) is 61.6 Å². The van der Waals surface area contributed by atoms with Gasteiger partial charge in [-0.15, -0.1) is 23.4 Å². The molecule has 160 valence electrons. The first-order valence-electron chi connectivity index (χ1n) is 10.7. The molecule has 0 amide bonds. The Morgan fingerprint density at radius 2 is 1.90 bits per heavy atom. The van der Waals surface area contributed by atoms with Gasteiger partial charge in [-0.3, -0.25) is 4.79 Å². The molecule has 4 nitrogen and oxygen atoms in total. The van der Waals surface area contributed by atoms with E-state index in [0.29, 0.717) is 11.6 Å². The molecule has 1 saturated carbocycles. The molecule has 0 radical (unpaired) electrons. The monoisotopic (exact) mass is 443 g/mol. The van der Waals surface area contributed by atoms with Crippen molar-refractivity contribution in [2.75, 3.05) is 5.32 Å². The molecule has 1 aromatic carbocycles. The fraction of sp³-hybridized carbons (Fsp3) is 0.458. The molecule has 0 atom stereocenters. The lowest BCUT2D eigenvalue weighted by Gasteiger charge is -2.29. The molecule has 6 heteroatoms. The minimum atomic E-state index is -0.390. The lowest BCUT2D eigenvalue weighted by Crippen LogP contribution is -2.25. The zero-order valence-electron chi connectivity index (χ0n) is 18.1. The number of fused-ring (bicyclic) bond motifs is 1. The summed E-state index contributed by atoms with van der Waals surface area (Å²) in [4.78, 5) is 16.8. The molecule has 1 aliphatic rings. The summed E-state index contributed by atoms with van der Waals surface area (Å²) in [7, 11) is 1.81. The number of rotatable bonds is 5. The first kappa shape index (κ1) is 21.4. The number of aromatic amines is 1. The number of nitrogens with one attached hydrogen (secondary N) is 2. The molecular formula is C24H30ClN3OS. The minimum Gasteiger partial charge on any atom is -0.382 e. The summed E-state index contributed by atoms with van der Waals surface area (Å²) in [5.41, 5.74) is 3.91. The van der Waals surface area contributed by atoms with Gasteiger partial charge in [0.15, 0.2) is 0 Å². The molecule has 0 saturated heterocycles. The quantitative estimate of drug-likeness (QED) is 0.345. The maximum absolute atomic E-state index is 12.6. The molecule has 4 rings (SSSR count). The van der Waals surface area contributed by atoms with Crippen molar-refractivity contribution in [3.8, 4) is 11.1 Å². The van der Waals surface area contributed by atoms with E-state index in [9.17, 15) is 4.79 Å². The fourth-order valence-electron chi connectivity index (χ4n) is 4.32. The van der Waals surface area contributed by atoms with Crippen molar-refractivity contribution in [3.05, 3.63) is 47.0 Å². The third-order valence-corrected chi connectivity index (χ3v) is 7.12. The standard InChI is InChI=1S/C24H30ClN3OS/c1-15-5-7-16(8-6-15)27-21-10-9-17(30-24(2,3)25)13-19(21)20-14-28(4)23(29)22-18(20)11-12-26-22/h9-16,26-27H,5-8H2,1-4H3. The van der Waals surface area contributed by atoms with Crippen LogP contribution in [0.25, 0.3) is 22.0 Å². The molecule has 2 aromatic heterocycles. The van der Waals surface area contributed by atoms with Gasteiger partial charge in [-0.05, 0) is 69.7 Å².